The number of nitrogens with zero attached hydrogens (tertiary/aromatic N) is 5. The molecule has 1 fully saturated rings. The van der Waals surface area contributed by atoms with Gasteiger partial charge in [-0.2, -0.15) is 0 Å². The number of nitrogens with one attached hydrogen (secondary N) is 1. The lowest BCUT2D eigenvalue weighted by Gasteiger charge is -2.34. The number of hydrogen-bond donors (Lipinski definition) is 1. The molecule has 1 aliphatic heterocycles. The first-order valence-corrected chi connectivity index (χ1v) is 11.2. The van der Waals surface area contributed by atoms with Crippen LogP contribution in [0.4, 0.5) is 0 Å². The summed E-state index contributed by atoms with van der Waals surface area (Å²) in [6.07, 6.45) is 4.48. The van der Waals surface area contributed by atoms with E-state index < -0.39 is 0 Å². The van der Waals surface area contributed by atoms with Crippen molar-refractivity contribution in [3.05, 3.63) is 59.9 Å². The van der Waals surface area contributed by atoms with E-state index in [4.69, 9.17) is 0 Å². The van der Waals surface area contributed by atoms with Crippen molar-refractivity contribution in [1.29, 1.82) is 0 Å². The zero-order chi connectivity index (χ0) is 21.2. The molecule has 0 spiro atoms. The van der Waals surface area contributed by atoms with E-state index in [0.29, 0.717) is 0 Å². The number of piperazine rings is 1. The number of aryl methyl sites for hydroxylation is 1. The van der Waals surface area contributed by atoms with Crippen LogP contribution >= 0.6 is 0 Å². The second-order valence-electron chi connectivity index (χ2n) is 8.25. The third-order valence-corrected chi connectivity index (χ3v) is 5.92. The Balaban J connectivity index is 1.27. The highest BCUT2D eigenvalue weighted by molar-refractivity contribution is 5.79. The predicted molar refractivity (Wildman–Crippen MR) is 126 cm³/mol. The summed E-state index contributed by atoms with van der Waals surface area (Å²) in [6.45, 7) is 8.80. The molecule has 0 atom stereocenters. The summed E-state index contributed by atoms with van der Waals surface area (Å²) < 4.78 is 2.16. The van der Waals surface area contributed by atoms with Crippen molar-refractivity contribution < 1.29 is 0 Å². The number of benzene rings is 1. The van der Waals surface area contributed by atoms with E-state index in [1.54, 1.807) is 0 Å². The molecule has 6 heteroatoms. The zero-order valence-electron chi connectivity index (χ0n) is 18.9. The quantitative estimate of drug-likeness (QED) is 0.392. The fourth-order valence-corrected chi connectivity index (χ4v) is 4.04. The normalized spacial score (nSPS) is 16.0. The monoisotopic (exact) mass is 410 g/mol. The average Bonchev–Trinajstić information content (AvgIpc) is 3.17. The van der Waals surface area contributed by atoms with Crippen LogP contribution in [0.2, 0.25) is 0 Å². The third kappa shape index (κ3) is 6.89. The molecular weight excluding hydrogens is 372 g/mol. The third-order valence-electron chi connectivity index (χ3n) is 5.92. The van der Waals surface area contributed by atoms with Gasteiger partial charge in [0.2, 0.25) is 0 Å². The highest BCUT2D eigenvalue weighted by atomic mass is 15.3. The van der Waals surface area contributed by atoms with Crippen LogP contribution < -0.4 is 5.32 Å². The van der Waals surface area contributed by atoms with Crippen LogP contribution in [0, 0.1) is 0 Å². The van der Waals surface area contributed by atoms with Crippen LogP contribution in [-0.2, 0) is 20.1 Å². The summed E-state index contributed by atoms with van der Waals surface area (Å²) >= 11 is 0. The largest absolute Gasteiger partial charge is 0.356 e. The van der Waals surface area contributed by atoms with Crippen LogP contribution in [0.1, 0.15) is 24.1 Å². The molecule has 0 saturated carbocycles. The maximum absolute atomic E-state index is 4.43. The van der Waals surface area contributed by atoms with Gasteiger partial charge in [0, 0.05) is 72.3 Å². The van der Waals surface area contributed by atoms with Crippen molar-refractivity contribution in [2.45, 2.75) is 25.9 Å². The molecule has 1 aromatic heterocycles. The van der Waals surface area contributed by atoms with E-state index in [9.17, 15) is 0 Å². The van der Waals surface area contributed by atoms with E-state index in [1.165, 1.54) is 56.8 Å². The Morgan fingerprint density at radius 2 is 1.73 bits per heavy atom. The number of guanidine groups is 1. The lowest BCUT2D eigenvalue weighted by Crippen LogP contribution is -2.46. The summed E-state index contributed by atoms with van der Waals surface area (Å²) in [5.41, 5.74) is 2.70. The molecule has 164 valence electrons. The molecule has 0 unspecified atom stereocenters. The van der Waals surface area contributed by atoms with Crippen molar-refractivity contribution in [3.63, 3.8) is 0 Å². The Kier molecular flexibility index (Phi) is 8.78. The molecule has 0 aliphatic carbocycles. The number of aliphatic imine (C=N–C) groups is 1. The predicted octanol–water partition coefficient (Wildman–Crippen LogP) is 2.63. The van der Waals surface area contributed by atoms with Gasteiger partial charge in [0.15, 0.2) is 5.96 Å². The van der Waals surface area contributed by atoms with E-state index in [2.05, 4.69) is 92.3 Å². The molecule has 6 nitrogen and oxygen atoms in total. The SMILES string of the molecule is CN=C(NCCCCN1CCN(Cc2ccccc2)CC1)N(C)Cc1cccn1C. The minimum Gasteiger partial charge on any atom is -0.356 e. The summed E-state index contributed by atoms with van der Waals surface area (Å²) in [5, 5.41) is 3.51. The Morgan fingerprint density at radius 1 is 1.00 bits per heavy atom. The summed E-state index contributed by atoms with van der Waals surface area (Å²) in [4.78, 5) is 11.8. The Labute approximate surface area is 182 Å². The maximum atomic E-state index is 4.43. The second-order valence-corrected chi connectivity index (χ2v) is 8.25. The number of hydrogen-bond acceptors (Lipinski definition) is 3. The molecule has 1 N–H and O–H groups in total. The van der Waals surface area contributed by atoms with E-state index in [-0.39, 0.29) is 0 Å². The molecule has 0 amide bonds. The van der Waals surface area contributed by atoms with Crippen LogP contribution in [0.3, 0.4) is 0 Å². The maximum Gasteiger partial charge on any atom is 0.193 e. The van der Waals surface area contributed by atoms with E-state index in [1.807, 2.05) is 7.05 Å². The van der Waals surface area contributed by atoms with Crippen molar-refractivity contribution in [3.8, 4) is 0 Å². The van der Waals surface area contributed by atoms with Gasteiger partial charge in [-0.05, 0) is 37.1 Å². The number of unbranched alkanes of at least 4 members (excludes halogenated alkanes) is 1. The average molecular weight is 411 g/mol. The fraction of sp³-hybridized carbons (Fsp3) is 0.542. The molecular formula is C24H38N6. The smallest absolute Gasteiger partial charge is 0.193 e. The molecule has 2 aromatic rings. The van der Waals surface area contributed by atoms with Gasteiger partial charge < -0.3 is 19.7 Å². The standard InChI is InChI=1S/C24H38N6/c1-25-24(28(3)21-23-12-9-14-27(23)2)26-13-7-8-15-29-16-18-30(19-17-29)20-22-10-5-4-6-11-22/h4-6,9-12,14H,7-8,13,15-21H2,1-3H3,(H,25,26). The van der Waals surface area contributed by atoms with Crippen molar-refractivity contribution in [2.75, 3.05) is 53.4 Å². The topological polar surface area (TPSA) is 39.0 Å². The van der Waals surface area contributed by atoms with Gasteiger partial charge >= 0.3 is 0 Å². The van der Waals surface area contributed by atoms with Crippen LogP contribution in [0.25, 0.3) is 0 Å². The van der Waals surface area contributed by atoms with Gasteiger partial charge in [-0.25, -0.2) is 0 Å². The molecule has 2 heterocycles. The van der Waals surface area contributed by atoms with Crippen LogP contribution in [0.5, 0.6) is 0 Å². The first-order valence-electron chi connectivity index (χ1n) is 11.2. The zero-order valence-corrected chi connectivity index (χ0v) is 18.9. The first kappa shape index (κ1) is 22.4. The molecule has 1 aromatic carbocycles. The summed E-state index contributed by atoms with van der Waals surface area (Å²) in [5.74, 6) is 0.964. The molecule has 0 bridgehead atoms. The van der Waals surface area contributed by atoms with Gasteiger partial charge in [0.1, 0.15) is 0 Å². The van der Waals surface area contributed by atoms with Crippen LogP contribution in [0.15, 0.2) is 53.7 Å². The Hall–Kier alpha value is -2.31. The minimum atomic E-state index is 0.858. The molecule has 30 heavy (non-hydrogen) atoms. The molecule has 3 rings (SSSR count). The van der Waals surface area contributed by atoms with Gasteiger partial charge in [-0.1, -0.05) is 30.3 Å². The molecule has 1 saturated heterocycles. The number of rotatable bonds is 9. The lowest BCUT2D eigenvalue weighted by atomic mass is 10.2. The Morgan fingerprint density at radius 3 is 2.40 bits per heavy atom. The number of aromatic nitrogens is 1. The van der Waals surface area contributed by atoms with Crippen molar-refractivity contribution in [1.82, 2.24) is 24.6 Å². The highest BCUT2D eigenvalue weighted by Crippen LogP contribution is 2.09. The van der Waals surface area contributed by atoms with E-state index in [0.717, 1.165) is 25.6 Å². The van der Waals surface area contributed by atoms with Gasteiger partial charge in [0.05, 0.1) is 6.54 Å². The second kappa shape index (κ2) is 11.8. The van der Waals surface area contributed by atoms with Gasteiger partial charge in [-0.15, -0.1) is 0 Å². The lowest BCUT2D eigenvalue weighted by molar-refractivity contribution is 0.126. The molecule has 0 radical (unpaired) electrons. The molecule has 1 aliphatic rings. The minimum absolute atomic E-state index is 0.858. The first-order chi connectivity index (χ1) is 14.7. The Bertz CT molecular complexity index is 761. The van der Waals surface area contributed by atoms with Crippen LogP contribution in [-0.4, -0.2) is 78.6 Å². The van der Waals surface area contributed by atoms with Crippen molar-refractivity contribution in [2.24, 2.45) is 12.0 Å². The summed E-state index contributed by atoms with van der Waals surface area (Å²) in [6, 6.07) is 15.0. The fourth-order valence-electron chi connectivity index (χ4n) is 4.04. The van der Waals surface area contributed by atoms with Gasteiger partial charge in [0.25, 0.3) is 0 Å². The van der Waals surface area contributed by atoms with Crippen molar-refractivity contribution >= 4 is 5.96 Å². The van der Waals surface area contributed by atoms with Gasteiger partial charge in [-0.3, -0.25) is 9.89 Å². The van der Waals surface area contributed by atoms with E-state index >= 15 is 0 Å². The summed E-state index contributed by atoms with van der Waals surface area (Å²) in [7, 11) is 6.04. The highest BCUT2D eigenvalue weighted by Gasteiger charge is 2.16.